The molecular formula is C15H14FN3OS2. The quantitative estimate of drug-likeness (QED) is 0.731. The van der Waals surface area contributed by atoms with Crippen LogP contribution < -0.4 is 5.56 Å². The van der Waals surface area contributed by atoms with E-state index in [0.29, 0.717) is 22.0 Å². The van der Waals surface area contributed by atoms with E-state index < -0.39 is 0 Å². The van der Waals surface area contributed by atoms with E-state index in [0.717, 1.165) is 5.01 Å². The maximum absolute atomic E-state index is 13.8. The SMILES string of the molecule is Cc1nn2c(=O)cc(CS[C@@H](C)c3ccccc3F)nc2s1. The standard InChI is InChI=1S/C15H14FN3OS2/c1-9(12-5-3-4-6-13(12)16)21-8-11-7-14(20)19-15(17-11)22-10(2)18-19/h3-7,9H,8H2,1-2H3/t9-/m0/s1. The molecule has 114 valence electrons. The van der Waals surface area contributed by atoms with E-state index in [-0.39, 0.29) is 16.6 Å². The maximum atomic E-state index is 13.8. The van der Waals surface area contributed by atoms with Crippen molar-refractivity contribution in [3.63, 3.8) is 0 Å². The van der Waals surface area contributed by atoms with Crippen molar-refractivity contribution in [2.75, 3.05) is 0 Å². The summed E-state index contributed by atoms with van der Waals surface area (Å²) in [5, 5.41) is 4.90. The van der Waals surface area contributed by atoms with E-state index in [9.17, 15) is 9.18 Å². The Kier molecular flexibility index (Phi) is 4.26. The second-order valence-electron chi connectivity index (χ2n) is 4.88. The number of halogens is 1. The molecule has 0 aliphatic rings. The molecule has 2 aromatic heterocycles. The second-order valence-corrected chi connectivity index (χ2v) is 7.37. The molecule has 0 unspecified atom stereocenters. The van der Waals surface area contributed by atoms with E-state index in [4.69, 9.17) is 0 Å². The summed E-state index contributed by atoms with van der Waals surface area (Å²) >= 11 is 2.94. The summed E-state index contributed by atoms with van der Waals surface area (Å²) in [4.78, 5) is 17.0. The van der Waals surface area contributed by atoms with Crippen molar-refractivity contribution in [1.82, 2.24) is 14.6 Å². The predicted octanol–water partition coefficient (Wildman–Crippen LogP) is 3.59. The van der Waals surface area contributed by atoms with Crippen LogP contribution in [0.4, 0.5) is 4.39 Å². The molecule has 1 atom stereocenters. The van der Waals surface area contributed by atoms with Crippen molar-refractivity contribution in [2.45, 2.75) is 24.9 Å². The van der Waals surface area contributed by atoms with Gasteiger partial charge in [-0.2, -0.15) is 9.61 Å². The average Bonchev–Trinajstić information content (AvgIpc) is 2.86. The number of nitrogens with zero attached hydrogens (tertiary/aromatic N) is 3. The Morgan fingerprint density at radius 3 is 2.95 bits per heavy atom. The molecular weight excluding hydrogens is 321 g/mol. The molecule has 0 saturated heterocycles. The van der Waals surface area contributed by atoms with Crippen LogP contribution in [-0.2, 0) is 5.75 Å². The third kappa shape index (κ3) is 3.05. The molecule has 3 aromatic rings. The van der Waals surface area contributed by atoms with Crippen LogP contribution in [0, 0.1) is 12.7 Å². The summed E-state index contributed by atoms with van der Waals surface area (Å²) in [6, 6.07) is 8.24. The van der Waals surface area contributed by atoms with Gasteiger partial charge < -0.3 is 0 Å². The number of fused-ring (bicyclic) bond motifs is 1. The van der Waals surface area contributed by atoms with E-state index in [2.05, 4.69) is 10.1 Å². The molecule has 0 radical (unpaired) electrons. The van der Waals surface area contributed by atoms with Crippen molar-refractivity contribution < 1.29 is 4.39 Å². The normalized spacial score (nSPS) is 12.7. The van der Waals surface area contributed by atoms with Crippen molar-refractivity contribution in [3.8, 4) is 0 Å². The van der Waals surface area contributed by atoms with Gasteiger partial charge in [0, 0.05) is 22.6 Å². The minimum absolute atomic E-state index is 0.00958. The Morgan fingerprint density at radius 1 is 1.41 bits per heavy atom. The molecule has 0 spiro atoms. The molecule has 0 N–H and O–H groups in total. The fraction of sp³-hybridized carbons (Fsp3) is 0.267. The lowest BCUT2D eigenvalue weighted by atomic mass is 10.1. The smallest absolute Gasteiger partial charge is 0.267 e. The molecule has 4 nitrogen and oxygen atoms in total. The van der Waals surface area contributed by atoms with Gasteiger partial charge >= 0.3 is 0 Å². The topological polar surface area (TPSA) is 47.3 Å². The number of benzene rings is 1. The van der Waals surface area contributed by atoms with E-state index >= 15 is 0 Å². The van der Waals surface area contributed by atoms with Gasteiger partial charge in [0.05, 0.1) is 5.69 Å². The zero-order valence-electron chi connectivity index (χ0n) is 12.1. The zero-order chi connectivity index (χ0) is 15.7. The Bertz CT molecular complexity index is 875. The van der Waals surface area contributed by atoms with Crippen molar-refractivity contribution in [3.05, 3.63) is 62.8 Å². The van der Waals surface area contributed by atoms with Crippen LogP contribution in [0.1, 0.15) is 28.4 Å². The highest BCUT2D eigenvalue weighted by Gasteiger charge is 2.12. The third-order valence-corrected chi connectivity index (χ3v) is 5.26. The third-order valence-electron chi connectivity index (χ3n) is 3.22. The lowest BCUT2D eigenvalue weighted by Crippen LogP contribution is -2.15. The monoisotopic (exact) mass is 335 g/mol. The van der Waals surface area contributed by atoms with Crippen LogP contribution in [0.25, 0.3) is 4.96 Å². The van der Waals surface area contributed by atoms with E-state index in [1.165, 1.54) is 28.0 Å². The summed E-state index contributed by atoms with van der Waals surface area (Å²) in [5.74, 6) is 0.349. The van der Waals surface area contributed by atoms with Gasteiger partial charge in [0.2, 0.25) is 4.96 Å². The Balaban J connectivity index is 1.79. The van der Waals surface area contributed by atoms with Crippen molar-refractivity contribution >= 4 is 28.1 Å². The number of aryl methyl sites for hydroxylation is 1. The maximum Gasteiger partial charge on any atom is 0.275 e. The first-order valence-corrected chi connectivity index (χ1v) is 8.63. The number of hydrogen-bond donors (Lipinski definition) is 0. The van der Waals surface area contributed by atoms with Crippen LogP contribution in [0.3, 0.4) is 0 Å². The number of aromatic nitrogens is 3. The lowest BCUT2D eigenvalue weighted by molar-refractivity contribution is 0.611. The molecule has 0 aliphatic carbocycles. The summed E-state index contributed by atoms with van der Waals surface area (Å²) in [6.45, 7) is 3.79. The minimum Gasteiger partial charge on any atom is -0.267 e. The van der Waals surface area contributed by atoms with Gasteiger partial charge in [-0.3, -0.25) is 4.79 Å². The van der Waals surface area contributed by atoms with Crippen molar-refractivity contribution in [1.29, 1.82) is 0 Å². The number of rotatable bonds is 4. The highest BCUT2D eigenvalue weighted by atomic mass is 32.2. The van der Waals surface area contributed by atoms with E-state index in [1.807, 2.05) is 19.9 Å². The number of thioether (sulfide) groups is 1. The molecule has 1 aromatic carbocycles. The van der Waals surface area contributed by atoms with Gasteiger partial charge in [-0.15, -0.1) is 11.8 Å². The predicted molar refractivity (Wildman–Crippen MR) is 88.0 cm³/mol. The highest BCUT2D eigenvalue weighted by molar-refractivity contribution is 7.98. The summed E-state index contributed by atoms with van der Waals surface area (Å²) in [7, 11) is 0. The Hall–Kier alpha value is -1.73. The van der Waals surface area contributed by atoms with Gasteiger partial charge in [0.1, 0.15) is 10.8 Å². The van der Waals surface area contributed by atoms with Crippen LogP contribution in [0.2, 0.25) is 0 Å². The molecule has 3 rings (SSSR count). The zero-order valence-corrected chi connectivity index (χ0v) is 13.7. The fourth-order valence-electron chi connectivity index (χ4n) is 2.13. The van der Waals surface area contributed by atoms with Crippen LogP contribution >= 0.6 is 23.1 Å². The largest absolute Gasteiger partial charge is 0.275 e. The van der Waals surface area contributed by atoms with Gasteiger partial charge in [-0.25, -0.2) is 9.37 Å². The van der Waals surface area contributed by atoms with Crippen LogP contribution in [-0.4, -0.2) is 14.6 Å². The Labute approximate surface area is 135 Å². The minimum atomic E-state index is -0.205. The van der Waals surface area contributed by atoms with Crippen molar-refractivity contribution in [2.24, 2.45) is 0 Å². The molecule has 0 saturated carbocycles. The first-order valence-electron chi connectivity index (χ1n) is 6.77. The first-order chi connectivity index (χ1) is 10.5. The van der Waals surface area contributed by atoms with Crippen LogP contribution in [0.15, 0.2) is 35.1 Å². The first kappa shape index (κ1) is 15.2. The molecule has 0 fully saturated rings. The van der Waals surface area contributed by atoms with Gasteiger partial charge in [-0.05, 0) is 19.9 Å². The van der Waals surface area contributed by atoms with Crippen LogP contribution in [0.5, 0.6) is 0 Å². The average molecular weight is 335 g/mol. The fourth-order valence-corrected chi connectivity index (χ4v) is 3.84. The molecule has 0 bridgehead atoms. The van der Waals surface area contributed by atoms with Gasteiger partial charge in [0.25, 0.3) is 5.56 Å². The van der Waals surface area contributed by atoms with E-state index in [1.54, 1.807) is 23.9 Å². The van der Waals surface area contributed by atoms with Gasteiger partial charge in [-0.1, -0.05) is 29.5 Å². The molecule has 22 heavy (non-hydrogen) atoms. The highest BCUT2D eigenvalue weighted by Crippen LogP contribution is 2.31. The second kappa shape index (κ2) is 6.18. The Morgan fingerprint density at radius 2 is 2.18 bits per heavy atom. The summed E-state index contributed by atoms with van der Waals surface area (Å²) in [5.41, 5.74) is 1.18. The molecule has 0 amide bonds. The summed E-state index contributed by atoms with van der Waals surface area (Å²) in [6.07, 6.45) is 0. The molecule has 2 heterocycles. The molecule has 7 heteroatoms. The molecule has 0 aliphatic heterocycles. The number of hydrogen-bond acceptors (Lipinski definition) is 5. The van der Waals surface area contributed by atoms with Gasteiger partial charge in [0.15, 0.2) is 0 Å². The summed E-state index contributed by atoms with van der Waals surface area (Å²) < 4.78 is 15.1. The lowest BCUT2D eigenvalue weighted by Gasteiger charge is -2.12.